The van der Waals surface area contributed by atoms with Crippen LogP contribution in [0.15, 0.2) is 46.9 Å². The molecule has 0 spiro atoms. The molecule has 2 N–H and O–H groups in total. The molecular weight excluding hydrogens is 390 g/mol. The molecule has 0 atom stereocenters. The maximum absolute atomic E-state index is 12.3. The van der Waals surface area contributed by atoms with Gasteiger partial charge in [-0.05, 0) is 29.8 Å². The van der Waals surface area contributed by atoms with Gasteiger partial charge in [-0.25, -0.2) is 0 Å². The van der Waals surface area contributed by atoms with E-state index in [0.717, 1.165) is 10.0 Å². The fourth-order valence-electron chi connectivity index (χ4n) is 2.19. The van der Waals surface area contributed by atoms with Crippen LogP contribution in [0.25, 0.3) is 0 Å². The zero-order valence-electron chi connectivity index (χ0n) is 13.6. The number of hydrogen-bond acceptors (Lipinski definition) is 5. The van der Waals surface area contributed by atoms with E-state index in [1.54, 1.807) is 13.2 Å². The monoisotopic (exact) mass is 407 g/mol. The SMILES string of the molecule is COCCNc1ccc(C(=O)NCc2cccc(Br)c2)cc1[N+](=O)[O-]. The molecule has 0 fully saturated rings. The molecule has 25 heavy (non-hydrogen) atoms. The summed E-state index contributed by atoms with van der Waals surface area (Å²) >= 11 is 3.37. The quantitative estimate of drug-likeness (QED) is 0.397. The van der Waals surface area contributed by atoms with Gasteiger partial charge in [0.1, 0.15) is 5.69 Å². The fraction of sp³-hybridized carbons (Fsp3) is 0.235. The van der Waals surface area contributed by atoms with Crippen molar-refractivity contribution < 1.29 is 14.5 Å². The van der Waals surface area contributed by atoms with Crippen molar-refractivity contribution in [2.75, 3.05) is 25.6 Å². The minimum absolute atomic E-state index is 0.147. The van der Waals surface area contributed by atoms with E-state index in [1.165, 1.54) is 12.1 Å². The van der Waals surface area contributed by atoms with E-state index in [4.69, 9.17) is 4.74 Å². The van der Waals surface area contributed by atoms with Gasteiger partial charge in [0.15, 0.2) is 0 Å². The number of nitrogens with one attached hydrogen (secondary N) is 2. The van der Waals surface area contributed by atoms with Crippen LogP contribution in [0, 0.1) is 10.1 Å². The van der Waals surface area contributed by atoms with Crippen molar-refractivity contribution in [2.24, 2.45) is 0 Å². The van der Waals surface area contributed by atoms with Crippen LogP contribution in [0.5, 0.6) is 0 Å². The Morgan fingerprint density at radius 3 is 2.76 bits per heavy atom. The van der Waals surface area contributed by atoms with Crippen molar-refractivity contribution in [3.05, 3.63) is 68.2 Å². The van der Waals surface area contributed by atoms with Crippen molar-refractivity contribution in [1.29, 1.82) is 0 Å². The molecule has 0 aliphatic carbocycles. The van der Waals surface area contributed by atoms with Crippen molar-refractivity contribution in [1.82, 2.24) is 5.32 Å². The average Bonchev–Trinajstić information content (AvgIpc) is 2.60. The molecule has 0 unspecified atom stereocenters. The number of nitro groups is 1. The Hall–Kier alpha value is -2.45. The van der Waals surface area contributed by atoms with Crippen molar-refractivity contribution in [2.45, 2.75) is 6.54 Å². The van der Waals surface area contributed by atoms with Crippen LogP contribution in [0.4, 0.5) is 11.4 Å². The van der Waals surface area contributed by atoms with Crippen LogP contribution < -0.4 is 10.6 Å². The van der Waals surface area contributed by atoms with E-state index in [0.29, 0.717) is 25.4 Å². The molecule has 0 bridgehead atoms. The Bertz CT molecular complexity index is 767. The number of amides is 1. The van der Waals surface area contributed by atoms with Crippen LogP contribution in [0.1, 0.15) is 15.9 Å². The highest BCUT2D eigenvalue weighted by molar-refractivity contribution is 9.10. The number of anilines is 1. The molecule has 2 rings (SSSR count). The lowest BCUT2D eigenvalue weighted by atomic mass is 10.1. The third-order valence-electron chi connectivity index (χ3n) is 3.42. The fourth-order valence-corrected chi connectivity index (χ4v) is 2.64. The number of nitro benzene ring substituents is 1. The second-order valence-electron chi connectivity index (χ2n) is 5.22. The van der Waals surface area contributed by atoms with Gasteiger partial charge < -0.3 is 15.4 Å². The molecule has 7 nitrogen and oxygen atoms in total. The second-order valence-corrected chi connectivity index (χ2v) is 6.14. The molecule has 1 amide bonds. The molecular formula is C17H18BrN3O4. The summed E-state index contributed by atoms with van der Waals surface area (Å²) in [5.74, 6) is -0.369. The predicted octanol–water partition coefficient (Wildman–Crippen LogP) is 3.35. The summed E-state index contributed by atoms with van der Waals surface area (Å²) in [5.41, 5.74) is 1.37. The average molecular weight is 408 g/mol. The molecule has 0 radical (unpaired) electrons. The maximum Gasteiger partial charge on any atom is 0.293 e. The van der Waals surface area contributed by atoms with Crippen molar-refractivity contribution in [3.63, 3.8) is 0 Å². The number of carbonyl (C=O) groups is 1. The largest absolute Gasteiger partial charge is 0.383 e. The standard InChI is InChI=1S/C17H18BrN3O4/c1-25-8-7-19-15-6-5-13(10-16(15)21(23)24)17(22)20-11-12-3-2-4-14(18)9-12/h2-6,9-10,19H,7-8,11H2,1H3,(H,20,22). The number of benzene rings is 2. The van der Waals surface area contributed by atoms with E-state index < -0.39 is 4.92 Å². The van der Waals surface area contributed by atoms with E-state index in [2.05, 4.69) is 26.6 Å². The Morgan fingerprint density at radius 1 is 1.28 bits per heavy atom. The van der Waals surface area contributed by atoms with Gasteiger partial charge in [-0.3, -0.25) is 14.9 Å². The molecule has 0 saturated carbocycles. The first kappa shape index (κ1) is 18.9. The Balaban J connectivity index is 2.08. The Morgan fingerprint density at radius 2 is 2.08 bits per heavy atom. The topological polar surface area (TPSA) is 93.5 Å². The highest BCUT2D eigenvalue weighted by Gasteiger charge is 2.17. The summed E-state index contributed by atoms with van der Waals surface area (Å²) in [5, 5.41) is 16.9. The number of hydrogen-bond donors (Lipinski definition) is 2. The van der Waals surface area contributed by atoms with Crippen LogP contribution in [-0.4, -0.2) is 31.1 Å². The molecule has 0 aliphatic heterocycles. The maximum atomic E-state index is 12.3. The van der Waals surface area contributed by atoms with E-state index in [1.807, 2.05) is 24.3 Å². The first-order valence-corrected chi connectivity index (χ1v) is 8.34. The van der Waals surface area contributed by atoms with Gasteiger partial charge in [-0.1, -0.05) is 28.1 Å². The number of ether oxygens (including phenoxy) is 1. The lowest BCUT2D eigenvalue weighted by Gasteiger charge is -2.09. The second kappa shape index (κ2) is 9.14. The minimum atomic E-state index is -0.514. The summed E-state index contributed by atoms with van der Waals surface area (Å²) in [6.45, 7) is 1.19. The Labute approximate surface area is 153 Å². The van der Waals surface area contributed by atoms with E-state index in [9.17, 15) is 14.9 Å². The van der Waals surface area contributed by atoms with Gasteiger partial charge in [0, 0.05) is 36.3 Å². The number of methoxy groups -OCH3 is 1. The lowest BCUT2D eigenvalue weighted by molar-refractivity contribution is -0.384. The highest BCUT2D eigenvalue weighted by Crippen LogP contribution is 2.25. The molecule has 2 aromatic carbocycles. The van der Waals surface area contributed by atoms with Gasteiger partial charge in [0.05, 0.1) is 11.5 Å². The van der Waals surface area contributed by atoms with Crippen LogP contribution in [-0.2, 0) is 11.3 Å². The number of halogens is 1. The molecule has 0 aliphatic rings. The van der Waals surface area contributed by atoms with E-state index >= 15 is 0 Å². The molecule has 132 valence electrons. The molecule has 0 aromatic heterocycles. The van der Waals surface area contributed by atoms with Crippen molar-refractivity contribution >= 4 is 33.2 Å². The smallest absolute Gasteiger partial charge is 0.293 e. The normalized spacial score (nSPS) is 10.3. The van der Waals surface area contributed by atoms with Gasteiger partial charge in [0.25, 0.3) is 11.6 Å². The van der Waals surface area contributed by atoms with Crippen molar-refractivity contribution in [3.8, 4) is 0 Å². The lowest BCUT2D eigenvalue weighted by Crippen LogP contribution is -2.23. The zero-order chi connectivity index (χ0) is 18.2. The minimum Gasteiger partial charge on any atom is -0.383 e. The van der Waals surface area contributed by atoms with Crippen LogP contribution in [0.2, 0.25) is 0 Å². The molecule has 8 heteroatoms. The van der Waals surface area contributed by atoms with Crippen LogP contribution in [0.3, 0.4) is 0 Å². The third-order valence-corrected chi connectivity index (χ3v) is 3.91. The molecule has 0 saturated heterocycles. The zero-order valence-corrected chi connectivity index (χ0v) is 15.2. The summed E-state index contributed by atoms with van der Waals surface area (Å²) in [6, 6.07) is 11.9. The van der Waals surface area contributed by atoms with Gasteiger partial charge in [0.2, 0.25) is 0 Å². The van der Waals surface area contributed by atoms with Gasteiger partial charge in [-0.2, -0.15) is 0 Å². The predicted molar refractivity (Wildman–Crippen MR) is 98.8 cm³/mol. The molecule has 0 heterocycles. The van der Waals surface area contributed by atoms with Gasteiger partial charge >= 0.3 is 0 Å². The van der Waals surface area contributed by atoms with Gasteiger partial charge in [-0.15, -0.1) is 0 Å². The highest BCUT2D eigenvalue weighted by atomic mass is 79.9. The summed E-state index contributed by atoms with van der Waals surface area (Å²) < 4.78 is 5.83. The summed E-state index contributed by atoms with van der Waals surface area (Å²) in [4.78, 5) is 23.0. The number of nitrogens with zero attached hydrogens (tertiary/aromatic N) is 1. The van der Waals surface area contributed by atoms with E-state index in [-0.39, 0.29) is 17.2 Å². The number of rotatable bonds is 8. The third kappa shape index (κ3) is 5.54. The van der Waals surface area contributed by atoms with Crippen LogP contribution >= 0.6 is 15.9 Å². The summed E-state index contributed by atoms with van der Waals surface area (Å²) in [6.07, 6.45) is 0. The Kier molecular flexibility index (Phi) is 6.91. The molecule has 2 aromatic rings. The first-order valence-electron chi connectivity index (χ1n) is 7.55. The number of carbonyl (C=O) groups excluding carboxylic acids is 1. The first-order chi connectivity index (χ1) is 12.0. The summed E-state index contributed by atoms with van der Waals surface area (Å²) in [7, 11) is 1.55.